The van der Waals surface area contributed by atoms with Crippen LogP contribution in [0.4, 0.5) is 13.2 Å². The summed E-state index contributed by atoms with van der Waals surface area (Å²) in [5.41, 5.74) is 0. The van der Waals surface area contributed by atoms with E-state index in [4.69, 9.17) is 5.11 Å². The summed E-state index contributed by atoms with van der Waals surface area (Å²) in [5.74, 6) is 0.201. The molecule has 0 saturated carbocycles. The lowest BCUT2D eigenvalue weighted by Gasteiger charge is -2.14. The van der Waals surface area contributed by atoms with E-state index in [1.54, 1.807) is 0 Å². The predicted octanol–water partition coefficient (Wildman–Crippen LogP) is 2.35. The van der Waals surface area contributed by atoms with Crippen molar-refractivity contribution < 1.29 is 18.3 Å². The number of aliphatic hydroxyl groups excluding tert-OH is 1. The molecule has 0 aromatic rings. The van der Waals surface area contributed by atoms with Crippen LogP contribution in [0.25, 0.3) is 0 Å². The smallest absolute Gasteiger partial charge is 0.384 e. The summed E-state index contributed by atoms with van der Waals surface area (Å²) in [6.07, 6.45) is -6.39. The zero-order valence-electron chi connectivity index (χ0n) is 6.65. The lowest BCUT2D eigenvalue weighted by molar-refractivity contribution is -0.206. The molecule has 4 heteroatoms. The number of rotatable bonds is 3. The highest BCUT2D eigenvalue weighted by atomic mass is 19.4. The first-order chi connectivity index (χ1) is 4.84. The van der Waals surface area contributed by atoms with Crippen LogP contribution in [0.2, 0.25) is 0 Å². The summed E-state index contributed by atoms with van der Waals surface area (Å²) >= 11 is 0. The van der Waals surface area contributed by atoms with Crippen LogP contribution in [0.1, 0.15) is 26.7 Å². The standard InChI is InChI=1S/C7H13F3O/c1-5(2)3-4-6(11)7(8,9)10/h5-6,11H,3-4H2,1-2H3/t6-/m1/s1. The number of alkyl halides is 3. The molecule has 0 aliphatic rings. The van der Waals surface area contributed by atoms with Crippen molar-refractivity contribution in [1.82, 2.24) is 0 Å². The first kappa shape index (κ1) is 10.8. The van der Waals surface area contributed by atoms with Crippen LogP contribution in [0.5, 0.6) is 0 Å². The number of hydrogen-bond acceptors (Lipinski definition) is 1. The van der Waals surface area contributed by atoms with Crippen molar-refractivity contribution in [2.24, 2.45) is 5.92 Å². The molecule has 1 atom stereocenters. The van der Waals surface area contributed by atoms with Crippen LogP contribution in [0.15, 0.2) is 0 Å². The van der Waals surface area contributed by atoms with Crippen LogP contribution in [-0.2, 0) is 0 Å². The van der Waals surface area contributed by atoms with Gasteiger partial charge in [-0.15, -0.1) is 0 Å². The molecule has 0 aromatic heterocycles. The Hall–Kier alpha value is -0.250. The van der Waals surface area contributed by atoms with Gasteiger partial charge in [0.05, 0.1) is 0 Å². The van der Waals surface area contributed by atoms with Crippen molar-refractivity contribution in [2.75, 3.05) is 0 Å². The van der Waals surface area contributed by atoms with Crippen molar-refractivity contribution >= 4 is 0 Å². The van der Waals surface area contributed by atoms with E-state index in [2.05, 4.69) is 0 Å². The summed E-state index contributed by atoms with van der Waals surface area (Å²) in [6.45, 7) is 3.65. The van der Waals surface area contributed by atoms with E-state index < -0.39 is 12.3 Å². The highest BCUT2D eigenvalue weighted by Crippen LogP contribution is 2.24. The second kappa shape index (κ2) is 3.95. The highest BCUT2D eigenvalue weighted by molar-refractivity contribution is 4.65. The van der Waals surface area contributed by atoms with Crippen molar-refractivity contribution in [1.29, 1.82) is 0 Å². The monoisotopic (exact) mass is 170 g/mol. The fourth-order valence-corrected chi connectivity index (χ4v) is 0.655. The molecular weight excluding hydrogens is 157 g/mol. The molecule has 0 amide bonds. The number of aliphatic hydroxyl groups is 1. The maximum atomic E-state index is 11.6. The minimum absolute atomic E-state index is 0.193. The molecule has 0 aliphatic heterocycles. The molecule has 0 spiro atoms. The molecule has 68 valence electrons. The van der Waals surface area contributed by atoms with Gasteiger partial charge in [-0.25, -0.2) is 0 Å². The fraction of sp³-hybridized carbons (Fsp3) is 1.00. The second-order valence-electron chi connectivity index (χ2n) is 3.03. The highest BCUT2D eigenvalue weighted by Gasteiger charge is 2.37. The summed E-state index contributed by atoms with van der Waals surface area (Å²) < 4.78 is 34.9. The van der Waals surface area contributed by atoms with Gasteiger partial charge in [0.15, 0.2) is 0 Å². The van der Waals surface area contributed by atoms with E-state index in [-0.39, 0.29) is 12.3 Å². The zero-order valence-corrected chi connectivity index (χ0v) is 6.65. The summed E-state index contributed by atoms with van der Waals surface area (Å²) in [4.78, 5) is 0. The minimum atomic E-state index is -4.45. The van der Waals surface area contributed by atoms with Crippen molar-refractivity contribution in [3.63, 3.8) is 0 Å². The van der Waals surface area contributed by atoms with E-state index in [0.29, 0.717) is 6.42 Å². The Bertz CT molecular complexity index is 109. The van der Waals surface area contributed by atoms with Gasteiger partial charge < -0.3 is 5.11 Å². The molecule has 0 radical (unpaired) electrons. The van der Waals surface area contributed by atoms with Gasteiger partial charge in [0, 0.05) is 0 Å². The largest absolute Gasteiger partial charge is 0.414 e. The summed E-state index contributed by atoms with van der Waals surface area (Å²) in [7, 11) is 0. The van der Waals surface area contributed by atoms with Gasteiger partial charge in [0.25, 0.3) is 0 Å². The SMILES string of the molecule is CC(C)CC[C@@H](O)C(F)(F)F. The first-order valence-electron chi connectivity index (χ1n) is 3.59. The fourth-order valence-electron chi connectivity index (χ4n) is 0.655. The molecule has 11 heavy (non-hydrogen) atoms. The van der Waals surface area contributed by atoms with Crippen LogP contribution in [0.3, 0.4) is 0 Å². The second-order valence-corrected chi connectivity index (χ2v) is 3.03. The zero-order chi connectivity index (χ0) is 9.07. The molecule has 0 aliphatic carbocycles. The van der Waals surface area contributed by atoms with E-state index in [9.17, 15) is 13.2 Å². The molecule has 0 bridgehead atoms. The summed E-state index contributed by atoms with van der Waals surface area (Å²) in [6, 6.07) is 0. The van der Waals surface area contributed by atoms with Crippen LogP contribution in [0, 0.1) is 5.92 Å². The Labute approximate surface area is 64.2 Å². The molecule has 1 nitrogen and oxygen atoms in total. The topological polar surface area (TPSA) is 20.2 Å². The van der Waals surface area contributed by atoms with Crippen molar-refractivity contribution in [3.05, 3.63) is 0 Å². The summed E-state index contributed by atoms with van der Waals surface area (Å²) in [5, 5.41) is 8.51. The lowest BCUT2D eigenvalue weighted by atomic mass is 10.1. The molecule has 0 rings (SSSR count). The minimum Gasteiger partial charge on any atom is -0.384 e. The molecule has 1 N–H and O–H groups in total. The van der Waals surface area contributed by atoms with Gasteiger partial charge in [-0.1, -0.05) is 13.8 Å². The normalized spacial score (nSPS) is 15.5. The average Bonchev–Trinajstić information content (AvgIpc) is 1.80. The Balaban J connectivity index is 3.61. The Morgan fingerprint density at radius 3 is 1.91 bits per heavy atom. The van der Waals surface area contributed by atoms with Gasteiger partial charge in [0.1, 0.15) is 6.10 Å². The van der Waals surface area contributed by atoms with Crippen molar-refractivity contribution in [3.8, 4) is 0 Å². The Kier molecular flexibility index (Phi) is 3.86. The van der Waals surface area contributed by atoms with E-state index in [0.717, 1.165) is 0 Å². The Morgan fingerprint density at radius 2 is 1.64 bits per heavy atom. The van der Waals surface area contributed by atoms with E-state index >= 15 is 0 Å². The van der Waals surface area contributed by atoms with Gasteiger partial charge in [-0.3, -0.25) is 0 Å². The van der Waals surface area contributed by atoms with Gasteiger partial charge in [0.2, 0.25) is 0 Å². The molecular formula is C7H13F3O. The quantitative estimate of drug-likeness (QED) is 0.689. The van der Waals surface area contributed by atoms with E-state index in [1.165, 1.54) is 0 Å². The van der Waals surface area contributed by atoms with Crippen LogP contribution >= 0.6 is 0 Å². The number of halogens is 3. The van der Waals surface area contributed by atoms with Crippen LogP contribution < -0.4 is 0 Å². The third-order valence-corrected chi connectivity index (χ3v) is 1.40. The predicted molar refractivity (Wildman–Crippen MR) is 36.1 cm³/mol. The first-order valence-corrected chi connectivity index (χ1v) is 3.59. The molecule has 0 unspecified atom stereocenters. The maximum absolute atomic E-state index is 11.6. The number of hydrogen-bond donors (Lipinski definition) is 1. The maximum Gasteiger partial charge on any atom is 0.414 e. The van der Waals surface area contributed by atoms with Gasteiger partial charge in [-0.2, -0.15) is 13.2 Å². The van der Waals surface area contributed by atoms with Crippen molar-refractivity contribution in [2.45, 2.75) is 39.0 Å². The molecule has 0 aromatic carbocycles. The molecule has 0 heterocycles. The Morgan fingerprint density at radius 1 is 1.18 bits per heavy atom. The van der Waals surface area contributed by atoms with Gasteiger partial charge >= 0.3 is 6.18 Å². The third-order valence-electron chi connectivity index (χ3n) is 1.40. The third kappa shape index (κ3) is 5.07. The lowest BCUT2D eigenvalue weighted by Crippen LogP contribution is -2.28. The van der Waals surface area contributed by atoms with Gasteiger partial charge in [-0.05, 0) is 18.8 Å². The van der Waals surface area contributed by atoms with E-state index in [1.807, 2.05) is 13.8 Å². The average molecular weight is 170 g/mol. The molecule has 0 fully saturated rings. The van der Waals surface area contributed by atoms with Crippen LogP contribution in [-0.4, -0.2) is 17.4 Å². The molecule has 0 saturated heterocycles.